The van der Waals surface area contributed by atoms with Gasteiger partial charge in [0.1, 0.15) is 24.7 Å². The molecule has 0 aromatic heterocycles. The van der Waals surface area contributed by atoms with Gasteiger partial charge in [-0.2, -0.15) is 0 Å². The predicted molar refractivity (Wildman–Crippen MR) is 150 cm³/mol. The van der Waals surface area contributed by atoms with E-state index in [-0.39, 0.29) is 25.3 Å². The molecule has 1 aliphatic heterocycles. The molecule has 1 saturated heterocycles. The molecule has 3 saturated carbocycles. The lowest BCUT2D eigenvalue weighted by Crippen LogP contribution is -2.45. The maximum atomic E-state index is 12.9. The van der Waals surface area contributed by atoms with Crippen LogP contribution in [0.15, 0.2) is 47.6 Å². The van der Waals surface area contributed by atoms with Crippen LogP contribution < -0.4 is 0 Å². The Morgan fingerprint density at radius 3 is 2.45 bits per heavy atom. The highest BCUT2D eigenvalue weighted by atomic mass is 16.7. The Morgan fingerprint density at radius 2 is 1.74 bits per heavy atom. The molecular weight excluding hydrogens is 476 g/mol. The van der Waals surface area contributed by atoms with E-state index in [4.69, 9.17) is 14.2 Å². The zero-order chi connectivity index (χ0) is 27.5. The summed E-state index contributed by atoms with van der Waals surface area (Å²) in [5.41, 5.74) is 3.35. The highest BCUT2D eigenvalue weighted by molar-refractivity contribution is 5.78. The van der Waals surface area contributed by atoms with Gasteiger partial charge in [0, 0.05) is 6.42 Å². The Balaban J connectivity index is 1.45. The third-order valence-corrected chi connectivity index (χ3v) is 10.00. The molecule has 5 heteroatoms. The lowest BCUT2D eigenvalue weighted by molar-refractivity contribution is -0.172. The van der Waals surface area contributed by atoms with Crippen LogP contribution in [-0.2, 0) is 19.0 Å². The van der Waals surface area contributed by atoms with E-state index in [1.807, 2.05) is 0 Å². The highest BCUT2D eigenvalue weighted by Gasteiger charge is 2.48. The summed E-state index contributed by atoms with van der Waals surface area (Å²) in [5.74, 6) is 2.16. The van der Waals surface area contributed by atoms with Gasteiger partial charge in [-0.3, -0.25) is 4.79 Å². The molecular formula is C33H48O5. The minimum atomic E-state index is -0.958. The Hall–Kier alpha value is -2.30. The fraction of sp³-hybridized carbons (Fsp3) is 0.697. The van der Waals surface area contributed by atoms with Crippen LogP contribution in [0.2, 0.25) is 0 Å². The predicted octanol–water partition coefficient (Wildman–Crippen LogP) is 8.12. The van der Waals surface area contributed by atoms with Crippen LogP contribution in [-0.4, -0.2) is 31.4 Å². The molecule has 0 radical (unpaired) electrons. The van der Waals surface area contributed by atoms with Gasteiger partial charge < -0.3 is 14.2 Å². The van der Waals surface area contributed by atoms with Crippen LogP contribution in [0.4, 0.5) is 4.79 Å². The van der Waals surface area contributed by atoms with Crippen molar-refractivity contribution in [1.29, 1.82) is 0 Å². The third kappa shape index (κ3) is 6.13. The first-order chi connectivity index (χ1) is 18.0. The number of cyclic esters (lactones) is 2. The second kappa shape index (κ2) is 11.8. The summed E-state index contributed by atoms with van der Waals surface area (Å²) in [5, 5.41) is 0. The van der Waals surface area contributed by atoms with E-state index >= 15 is 0 Å². The molecule has 4 rings (SSSR count). The molecule has 0 spiro atoms. The fourth-order valence-electron chi connectivity index (χ4n) is 6.89. The monoisotopic (exact) mass is 524 g/mol. The van der Waals surface area contributed by atoms with Crippen LogP contribution in [0.25, 0.3) is 0 Å². The number of rotatable bonds is 7. The van der Waals surface area contributed by atoms with E-state index in [1.54, 1.807) is 12.5 Å². The first-order valence-electron chi connectivity index (χ1n) is 14.8. The van der Waals surface area contributed by atoms with Gasteiger partial charge in [0.2, 0.25) is 0 Å². The molecule has 4 aliphatic rings. The van der Waals surface area contributed by atoms with E-state index in [2.05, 4.69) is 58.6 Å². The van der Waals surface area contributed by atoms with Crippen molar-refractivity contribution in [2.45, 2.75) is 98.5 Å². The number of fused-ring (bicyclic) bond motifs is 1. The van der Waals surface area contributed by atoms with Gasteiger partial charge in [0.15, 0.2) is 0 Å². The van der Waals surface area contributed by atoms with Crippen molar-refractivity contribution in [3.05, 3.63) is 47.6 Å². The van der Waals surface area contributed by atoms with Gasteiger partial charge in [0.05, 0.1) is 0 Å². The molecule has 5 nitrogen and oxygen atoms in total. The highest BCUT2D eigenvalue weighted by Crippen LogP contribution is 2.58. The number of carbonyl (C=O) groups excluding carboxylic acids is 2. The molecule has 1 unspecified atom stereocenters. The third-order valence-electron chi connectivity index (χ3n) is 10.00. The maximum absolute atomic E-state index is 12.9. The molecule has 210 valence electrons. The van der Waals surface area contributed by atoms with E-state index in [1.165, 1.54) is 44.1 Å². The van der Waals surface area contributed by atoms with Crippen molar-refractivity contribution in [2.24, 2.45) is 34.5 Å². The quantitative estimate of drug-likeness (QED) is 0.249. The standard InChI is InChI=1S/C33H48O5/c1-22(2)23(3)11-13-25(5)33-17-7-9-26(29(33)10-8-18-33)14-15-27-19-28(16-12-24(27)4)38-30(34)32(6)20-36-31(35)37-21-32/h11,13-15,22-23,25,28-29H,4,7-10,12,16-21H2,1-3,5-6H3/t23-,25+,28?,29-,33+/m0/s1. The molecule has 3 aliphatic carbocycles. The minimum absolute atomic E-state index is 0.00792. The number of hydrogen-bond donors (Lipinski definition) is 0. The molecule has 0 aromatic rings. The molecule has 0 aromatic carbocycles. The van der Waals surface area contributed by atoms with Crippen molar-refractivity contribution >= 4 is 12.1 Å². The van der Waals surface area contributed by atoms with E-state index in [9.17, 15) is 9.59 Å². The number of hydrogen-bond acceptors (Lipinski definition) is 5. The minimum Gasteiger partial charge on any atom is -0.461 e. The average Bonchev–Trinajstić information content (AvgIpc) is 3.35. The van der Waals surface area contributed by atoms with Gasteiger partial charge in [-0.25, -0.2) is 4.79 Å². The van der Waals surface area contributed by atoms with Crippen molar-refractivity contribution in [1.82, 2.24) is 0 Å². The van der Waals surface area contributed by atoms with Crippen molar-refractivity contribution in [3.63, 3.8) is 0 Å². The van der Waals surface area contributed by atoms with Crippen LogP contribution >= 0.6 is 0 Å². The lowest BCUT2D eigenvalue weighted by Gasteiger charge is -2.45. The van der Waals surface area contributed by atoms with Crippen molar-refractivity contribution in [3.8, 4) is 0 Å². The van der Waals surface area contributed by atoms with Gasteiger partial charge in [-0.15, -0.1) is 0 Å². The summed E-state index contributed by atoms with van der Waals surface area (Å²) in [6, 6.07) is 0. The van der Waals surface area contributed by atoms with E-state index in [0.717, 1.165) is 18.4 Å². The topological polar surface area (TPSA) is 61.8 Å². The molecule has 0 bridgehead atoms. The van der Waals surface area contributed by atoms with Gasteiger partial charge in [0.25, 0.3) is 0 Å². The van der Waals surface area contributed by atoms with Crippen molar-refractivity contribution < 1.29 is 23.8 Å². The summed E-state index contributed by atoms with van der Waals surface area (Å²) in [6.07, 6.45) is 18.7. The first kappa shape index (κ1) is 28.7. The van der Waals surface area contributed by atoms with E-state index < -0.39 is 11.6 Å². The summed E-state index contributed by atoms with van der Waals surface area (Å²) in [4.78, 5) is 24.1. The zero-order valence-electron chi connectivity index (χ0n) is 24.2. The van der Waals surface area contributed by atoms with Gasteiger partial charge >= 0.3 is 12.1 Å². The summed E-state index contributed by atoms with van der Waals surface area (Å²) >= 11 is 0. The summed E-state index contributed by atoms with van der Waals surface area (Å²) in [7, 11) is 0. The molecule has 0 N–H and O–H groups in total. The normalized spacial score (nSPS) is 33.2. The maximum Gasteiger partial charge on any atom is 0.508 e. The molecule has 5 atom stereocenters. The Morgan fingerprint density at radius 1 is 1.03 bits per heavy atom. The molecule has 1 heterocycles. The fourth-order valence-corrected chi connectivity index (χ4v) is 6.89. The van der Waals surface area contributed by atoms with Crippen molar-refractivity contribution in [2.75, 3.05) is 13.2 Å². The number of esters is 1. The Kier molecular flexibility index (Phi) is 8.94. The van der Waals surface area contributed by atoms with E-state index in [0.29, 0.717) is 35.5 Å². The molecule has 0 amide bonds. The van der Waals surface area contributed by atoms with Crippen LogP contribution in [0.1, 0.15) is 92.4 Å². The van der Waals surface area contributed by atoms with Gasteiger partial charge in [-0.05, 0) is 86.5 Å². The van der Waals surface area contributed by atoms with Crippen LogP contribution in [0.5, 0.6) is 0 Å². The summed E-state index contributed by atoms with van der Waals surface area (Å²) in [6.45, 7) is 15.4. The Labute approximate surface area is 229 Å². The second-order valence-corrected chi connectivity index (χ2v) is 13.0. The first-order valence-corrected chi connectivity index (χ1v) is 14.8. The largest absolute Gasteiger partial charge is 0.508 e. The van der Waals surface area contributed by atoms with Gasteiger partial charge in [-0.1, -0.05) is 76.1 Å². The van der Waals surface area contributed by atoms with Crippen LogP contribution in [0.3, 0.4) is 0 Å². The molecule has 4 fully saturated rings. The molecule has 38 heavy (non-hydrogen) atoms. The smallest absolute Gasteiger partial charge is 0.461 e. The lowest BCUT2D eigenvalue weighted by atomic mass is 9.60. The number of ether oxygens (including phenoxy) is 3. The Bertz CT molecular complexity index is 991. The second-order valence-electron chi connectivity index (χ2n) is 13.0. The average molecular weight is 525 g/mol. The van der Waals surface area contributed by atoms with Crippen LogP contribution in [0, 0.1) is 34.5 Å². The number of carbonyl (C=O) groups is 2. The summed E-state index contributed by atoms with van der Waals surface area (Å²) < 4.78 is 15.8. The zero-order valence-corrected chi connectivity index (χ0v) is 24.2. The SMILES string of the molecule is C=C1CCC(OC(=O)C2(C)COC(=O)OC2)CC1=CC=C1CCC[C@]2([C@H](C)C=C[C@H](C)C(C)C)CCC[C@@H]12. The number of allylic oxidation sites excluding steroid dienone is 6.